The van der Waals surface area contributed by atoms with E-state index in [9.17, 15) is 37.5 Å². The first-order valence-corrected chi connectivity index (χ1v) is 37.0. The van der Waals surface area contributed by atoms with Crippen LogP contribution in [0.5, 0.6) is 0 Å². The van der Waals surface area contributed by atoms with Gasteiger partial charge in [0.15, 0.2) is 0 Å². The predicted octanol–water partition coefficient (Wildman–Crippen LogP) is 13.0. The number of carbonyl (C=O) groups is 6. The molecule has 4 N–H and O–H groups in total. The van der Waals surface area contributed by atoms with E-state index in [0.717, 1.165) is 119 Å². The number of alkyl carbamates (subject to hydrolysis) is 2. The van der Waals surface area contributed by atoms with Gasteiger partial charge in [0.25, 0.3) is 0 Å². The number of benzene rings is 6. The molecule has 22 nitrogen and oxygen atoms in total. The molecule has 2 saturated heterocycles. The molecule has 0 bridgehead atoms. The van der Waals surface area contributed by atoms with Crippen LogP contribution in [0.1, 0.15) is 162 Å². The van der Waals surface area contributed by atoms with Crippen molar-refractivity contribution in [1.82, 2.24) is 39.5 Å². The lowest BCUT2D eigenvalue weighted by Gasteiger charge is -2.34. The zero-order valence-electron chi connectivity index (χ0n) is 62.3. The van der Waals surface area contributed by atoms with E-state index >= 15 is 0 Å². The van der Waals surface area contributed by atoms with Crippen LogP contribution >= 0.6 is 15.9 Å². The molecule has 0 radical (unpaired) electrons. The molecule has 2 aromatic heterocycles. The zero-order chi connectivity index (χ0) is 76.7. The summed E-state index contributed by atoms with van der Waals surface area (Å²) in [4.78, 5) is 90.2. The number of imidazole rings is 2. The van der Waals surface area contributed by atoms with Gasteiger partial charge in [-0.3, -0.25) is 9.59 Å². The SMILES string of the molecule is CCOC(=O)c1ccc(-c2ccc(C[C@H](CC(=O)N3CCCC(c4nc5ccccc5n4CCCOC)C3)NC(=O)OC(C)(C)C)cc2)cc1F.CCOC(=O)c1ccc(B(O)O)cc1F.COCCCn1c([C@@H]2CCCN(C(=O)C[C@@H](Cc3ccc(Br)cc3)NC(=O)OC(C)(C)C)C2)nc2ccccc21. The maximum atomic E-state index is 14.7. The number of methoxy groups -OCH3 is 2. The Morgan fingerprint density at radius 1 is 0.575 bits per heavy atom. The Balaban J connectivity index is 0.000000228. The number of amides is 4. The summed E-state index contributed by atoms with van der Waals surface area (Å²) in [5.41, 5.74) is 5.75. The Kier molecular flexibility index (Phi) is 30.8. The van der Waals surface area contributed by atoms with Crippen LogP contribution in [0.15, 0.2) is 138 Å². The van der Waals surface area contributed by atoms with Crippen molar-refractivity contribution >= 4 is 86.5 Å². The van der Waals surface area contributed by atoms with Gasteiger partial charge in [-0.1, -0.05) is 88.7 Å². The van der Waals surface area contributed by atoms with Crippen molar-refractivity contribution in [2.75, 3.05) is 66.8 Å². The number of esters is 2. The van der Waals surface area contributed by atoms with E-state index in [-0.39, 0.29) is 72.3 Å². The second kappa shape index (κ2) is 39.5. The summed E-state index contributed by atoms with van der Waals surface area (Å²) in [5, 5.41) is 23.4. The minimum absolute atomic E-state index is 0.0134. The van der Waals surface area contributed by atoms with Crippen LogP contribution < -0.4 is 16.1 Å². The average molecular weight is 1530 g/mol. The number of aromatic nitrogens is 4. The fraction of sp³-hybridized carbons (Fsp3) is 0.450. The molecule has 0 saturated carbocycles. The molecule has 1 unspecified atom stereocenters. The molecule has 2 aliphatic rings. The smallest absolute Gasteiger partial charge is 0.462 e. The Morgan fingerprint density at radius 2 is 0.991 bits per heavy atom. The Hall–Kier alpha value is -9.08. The molecular weight excluding hydrogens is 1430 g/mol. The van der Waals surface area contributed by atoms with Gasteiger partial charge in [-0.15, -0.1) is 0 Å². The first-order chi connectivity index (χ1) is 50.6. The number of nitrogens with zero attached hydrogens (tertiary/aromatic N) is 6. The zero-order valence-corrected chi connectivity index (χ0v) is 63.9. The minimum atomic E-state index is -1.75. The summed E-state index contributed by atoms with van der Waals surface area (Å²) >= 11 is 3.47. The summed E-state index contributed by atoms with van der Waals surface area (Å²) in [5.74, 6) is -0.715. The van der Waals surface area contributed by atoms with Crippen molar-refractivity contribution in [3.8, 4) is 11.1 Å². The first-order valence-electron chi connectivity index (χ1n) is 36.2. The largest absolute Gasteiger partial charge is 0.488 e. The molecule has 106 heavy (non-hydrogen) atoms. The van der Waals surface area contributed by atoms with Crippen LogP contribution in [0, 0.1) is 11.6 Å². The van der Waals surface area contributed by atoms with Gasteiger partial charge in [0.1, 0.15) is 34.5 Å². The average Bonchev–Trinajstić information content (AvgIpc) is 1.64. The molecule has 2 aliphatic heterocycles. The number of para-hydroxylation sites is 4. The van der Waals surface area contributed by atoms with E-state index < -0.39 is 60.1 Å². The Labute approximate surface area is 628 Å². The van der Waals surface area contributed by atoms with Crippen molar-refractivity contribution in [2.24, 2.45) is 0 Å². The molecular formula is C80H100BBrF2N8O14. The molecule has 0 aliphatic carbocycles. The second-order valence-corrected chi connectivity index (χ2v) is 29.3. The first kappa shape index (κ1) is 82.6. The lowest BCUT2D eigenvalue weighted by Crippen LogP contribution is -2.46. The van der Waals surface area contributed by atoms with E-state index in [2.05, 4.69) is 52.6 Å². The predicted molar refractivity (Wildman–Crippen MR) is 407 cm³/mol. The molecule has 6 aromatic carbocycles. The Bertz CT molecular complexity index is 4240. The van der Waals surface area contributed by atoms with Gasteiger partial charge in [-0.05, 0) is 195 Å². The van der Waals surface area contributed by atoms with E-state index in [0.29, 0.717) is 57.8 Å². The highest BCUT2D eigenvalue weighted by Gasteiger charge is 2.34. The van der Waals surface area contributed by atoms with Crippen molar-refractivity contribution in [2.45, 2.75) is 168 Å². The normalized spacial score (nSPS) is 15.1. The molecule has 4 atom stereocenters. The summed E-state index contributed by atoms with van der Waals surface area (Å²) in [6.07, 6.45) is 5.54. The van der Waals surface area contributed by atoms with Crippen LogP contribution in [0.3, 0.4) is 0 Å². The van der Waals surface area contributed by atoms with Crippen LogP contribution in [0.4, 0.5) is 18.4 Å². The number of hydrogen-bond donors (Lipinski definition) is 4. The summed E-state index contributed by atoms with van der Waals surface area (Å²) in [7, 11) is 1.67. The molecule has 10 rings (SSSR count). The van der Waals surface area contributed by atoms with Crippen LogP contribution in [0.25, 0.3) is 33.2 Å². The third kappa shape index (κ3) is 24.5. The third-order valence-corrected chi connectivity index (χ3v) is 18.3. The number of fused-ring (bicyclic) bond motifs is 2. The molecule has 2 fully saturated rings. The number of carbonyl (C=O) groups excluding carboxylic acids is 6. The van der Waals surface area contributed by atoms with Gasteiger partial charge in [0, 0.05) is 108 Å². The maximum Gasteiger partial charge on any atom is 0.488 e. The number of piperidine rings is 2. The van der Waals surface area contributed by atoms with Crippen molar-refractivity contribution < 1.29 is 76.0 Å². The number of rotatable bonds is 26. The fourth-order valence-corrected chi connectivity index (χ4v) is 13.2. The quantitative estimate of drug-likeness (QED) is 0.0170. The third-order valence-electron chi connectivity index (χ3n) is 17.8. The van der Waals surface area contributed by atoms with Gasteiger partial charge >= 0.3 is 31.2 Å². The second-order valence-electron chi connectivity index (χ2n) is 28.3. The van der Waals surface area contributed by atoms with E-state index in [1.807, 2.05) is 116 Å². The fourth-order valence-electron chi connectivity index (χ4n) is 13.0. The van der Waals surface area contributed by atoms with Crippen LogP contribution in [-0.2, 0) is 63.9 Å². The maximum absolute atomic E-state index is 14.7. The van der Waals surface area contributed by atoms with E-state index in [1.165, 1.54) is 18.2 Å². The number of hydrogen-bond acceptors (Lipinski definition) is 16. The van der Waals surface area contributed by atoms with Crippen LogP contribution in [-0.4, -0.2) is 172 Å². The highest BCUT2D eigenvalue weighted by molar-refractivity contribution is 9.10. The van der Waals surface area contributed by atoms with E-state index in [4.69, 9.17) is 43.7 Å². The summed E-state index contributed by atoms with van der Waals surface area (Å²) in [6.45, 7) is 19.9. The minimum Gasteiger partial charge on any atom is -0.462 e. The summed E-state index contributed by atoms with van der Waals surface area (Å²) < 4.78 is 64.8. The molecule has 4 heterocycles. The molecule has 26 heteroatoms. The van der Waals surface area contributed by atoms with Crippen LogP contribution in [0.2, 0.25) is 0 Å². The molecule has 0 spiro atoms. The number of likely N-dealkylation sites (tertiary alicyclic amines) is 2. The molecule has 568 valence electrons. The van der Waals surface area contributed by atoms with Gasteiger partial charge < -0.3 is 68.0 Å². The molecule has 8 aromatic rings. The van der Waals surface area contributed by atoms with Gasteiger partial charge in [0.05, 0.1) is 46.4 Å². The highest BCUT2D eigenvalue weighted by atomic mass is 79.9. The summed E-state index contributed by atoms with van der Waals surface area (Å²) in [6, 6.07) is 38.6. The number of aryl methyl sites for hydroxylation is 2. The van der Waals surface area contributed by atoms with Gasteiger partial charge in [-0.2, -0.15) is 0 Å². The van der Waals surface area contributed by atoms with Gasteiger partial charge in [-0.25, -0.2) is 37.9 Å². The molecule has 4 amide bonds. The van der Waals surface area contributed by atoms with Crippen molar-refractivity contribution in [3.63, 3.8) is 0 Å². The lowest BCUT2D eigenvalue weighted by atomic mass is 9.80. The standard InChI is InChI=1S/C40H49FN4O6.C31H41BrN4O4.C9H10BFO4/c1-6-50-38(47)32-19-18-29(24-33(32)41)28-16-14-27(15-17-28)23-31(42-39(48)51-40(2,3)4)25-36(46)44-20-9-11-30(26-44)37-43-34-12-7-8-13-35(34)45(37)21-10-22-49-5;1-31(2,3)40-30(38)33-25(19-22-12-14-24(32)15-13-22)20-28(37)35-16-7-9-23(21-35)29-34-26-10-5-6-11-27(26)36(29)17-8-18-39-4;1-2-15-9(12)7-4-3-6(10(13)14)5-8(7)11/h7-8,12-19,24,30-31H,6,9-11,20-23,25-26H2,1-5H3,(H,42,48);5-6,10-15,23,25H,7-9,16-21H2,1-4H3,(H,33,38);3-5,13-14H,2H2,1H3/t30?,31-;23-,25-;/m11./s1. The topological polar surface area (TPSA) is 264 Å². The number of halogens is 3. The monoisotopic (exact) mass is 1520 g/mol. The number of nitrogens with one attached hydrogen (secondary N) is 2. The lowest BCUT2D eigenvalue weighted by molar-refractivity contribution is -0.133. The van der Waals surface area contributed by atoms with Gasteiger partial charge in [0.2, 0.25) is 11.8 Å². The van der Waals surface area contributed by atoms with E-state index in [1.54, 1.807) is 54.9 Å². The Morgan fingerprint density at radius 3 is 1.40 bits per heavy atom. The number of ether oxygens (including phenoxy) is 6. The van der Waals surface area contributed by atoms with Crippen molar-refractivity contribution in [1.29, 1.82) is 0 Å². The van der Waals surface area contributed by atoms with Crippen molar-refractivity contribution in [3.05, 3.63) is 183 Å². The highest BCUT2D eigenvalue weighted by Crippen LogP contribution is 2.33.